The fourth-order valence-electron chi connectivity index (χ4n) is 3.02. The molecular formula is C19H24ClN3O6S. The van der Waals surface area contributed by atoms with Gasteiger partial charge in [0.2, 0.25) is 10.0 Å². The molecule has 1 aliphatic carbocycles. The van der Waals surface area contributed by atoms with E-state index < -0.39 is 34.0 Å². The molecule has 1 saturated heterocycles. The van der Waals surface area contributed by atoms with E-state index in [4.69, 9.17) is 16.3 Å². The highest BCUT2D eigenvalue weighted by atomic mass is 35.5. The lowest BCUT2D eigenvalue weighted by Gasteiger charge is -2.26. The Morgan fingerprint density at radius 2 is 1.83 bits per heavy atom. The third kappa shape index (κ3) is 5.50. The molecule has 3 rings (SSSR count). The molecular weight excluding hydrogens is 434 g/mol. The van der Waals surface area contributed by atoms with E-state index in [1.165, 1.54) is 23.4 Å². The zero-order valence-corrected chi connectivity index (χ0v) is 18.1. The average molecular weight is 458 g/mol. The summed E-state index contributed by atoms with van der Waals surface area (Å²) in [5.41, 5.74) is -0.0583. The van der Waals surface area contributed by atoms with Crippen LogP contribution in [0.1, 0.15) is 49.4 Å². The van der Waals surface area contributed by atoms with E-state index in [1.807, 2.05) is 0 Å². The highest BCUT2D eigenvalue weighted by molar-refractivity contribution is 7.89. The second-order valence-electron chi connectivity index (χ2n) is 7.39. The summed E-state index contributed by atoms with van der Waals surface area (Å²) in [7, 11) is -3.85. The Kier molecular flexibility index (Phi) is 6.99. The van der Waals surface area contributed by atoms with Crippen molar-refractivity contribution in [2.75, 3.05) is 13.1 Å². The molecule has 1 atom stereocenters. The largest absolute Gasteiger partial charge is 0.449 e. The lowest BCUT2D eigenvalue weighted by molar-refractivity contribution is -0.127. The number of imide groups is 1. The molecule has 1 heterocycles. The van der Waals surface area contributed by atoms with Gasteiger partial charge in [-0.05, 0) is 50.8 Å². The molecule has 2 fully saturated rings. The fourth-order valence-corrected chi connectivity index (χ4v) is 5.03. The fraction of sp³-hybridized carbons (Fsp3) is 0.526. The van der Waals surface area contributed by atoms with Crippen LogP contribution in [0.5, 0.6) is 0 Å². The number of rotatable bonds is 6. The molecule has 0 bridgehead atoms. The molecule has 30 heavy (non-hydrogen) atoms. The van der Waals surface area contributed by atoms with Gasteiger partial charge in [-0.2, -0.15) is 4.31 Å². The van der Waals surface area contributed by atoms with Crippen LogP contribution >= 0.6 is 11.6 Å². The second-order valence-corrected chi connectivity index (χ2v) is 9.71. The van der Waals surface area contributed by atoms with E-state index in [1.54, 1.807) is 0 Å². The molecule has 1 unspecified atom stereocenters. The van der Waals surface area contributed by atoms with E-state index in [0.717, 1.165) is 38.2 Å². The molecule has 1 aromatic rings. The number of esters is 1. The predicted molar refractivity (Wildman–Crippen MR) is 109 cm³/mol. The van der Waals surface area contributed by atoms with Crippen LogP contribution in [0.25, 0.3) is 0 Å². The Labute approximate surface area is 180 Å². The SMILES string of the molecule is CC(OC(=O)c1ccc(Cl)c(S(=O)(=O)N2CCCCC2)c1)C(=O)NC(=O)NC1CC1. The van der Waals surface area contributed by atoms with Crippen molar-refractivity contribution in [2.45, 2.75) is 56.1 Å². The first-order chi connectivity index (χ1) is 14.2. The van der Waals surface area contributed by atoms with Crippen LogP contribution in [-0.2, 0) is 19.6 Å². The summed E-state index contributed by atoms with van der Waals surface area (Å²) < 4.78 is 32.3. The van der Waals surface area contributed by atoms with Gasteiger partial charge in [0.25, 0.3) is 5.91 Å². The van der Waals surface area contributed by atoms with Gasteiger partial charge in [-0.25, -0.2) is 18.0 Å². The van der Waals surface area contributed by atoms with Crippen molar-refractivity contribution >= 4 is 39.5 Å². The summed E-state index contributed by atoms with van der Waals surface area (Å²) in [5, 5.41) is 4.69. The first-order valence-corrected chi connectivity index (χ1v) is 11.6. The number of halogens is 1. The van der Waals surface area contributed by atoms with Crippen LogP contribution in [0.2, 0.25) is 5.02 Å². The molecule has 2 N–H and O–H groups in total. The Balaban J connectivity index is 1.67. The highest BCUT2D eigenvalue weighted by Crippen LogP contribution is 2.28. The molecule has 3 amide bonds. The maximum Gasteiger partial charge on any atom is 0.338 e. The number of carbonyl (C=O) groups excluding carboxylic acids is 3. The van der Waals surface area contributed by atoms with Crippen molar-refractivity contribution in [2.24, 2.45) is 0 Å². The lowest BCUT2D eigenvalue weighted by Crippen LogP contribution is -2.45. The van der Waals surface area contributed by atoms with E-state index in [0.29, 0.717) is 13.1 Å². The van der Waals surface area contributed by atoms with E-state index in [-0.39, 0.29) is 21.5 Å². The zero-order chi connectivity index (χ0) is 21.9. The molecule has 1 aromatic carbocycles. The maximum atomic E-state index is 12.9. The van der Waals surface area contributed by atoms with Crippen molar-refractivity contribution in [1.29, 1.82) is 0 Å². The summed E-state index contributed by atoms with van der Waals surface area (Å²) in [6.45, 7) is 2.11. The summed E-state index contributed by atoms with van der Waals surface area (Å²) in [4.78, 5) is 35.9. The van der Waals surface area contributed by atoms with E-state index in [2.05, 4.69) is 10.6 Å². The minimum atomic E-state index is -3.85. The molecule has 11 heteroatoms. The van der Waals surface area contributed by atoms with E-state index in [9.17, 15) is 22.8 Å². The number of ether oxygens (including phenoxy) is 1. The average Bonchev–Trinajstić information content (AvgIpc) is 3.52. The molecule has 0 aromatic heterocycles. The van der Waals surface area contributed by atoms with Gasteiger partial charge in [0.15, 0.2) is 6.10 Å². The molecule has 2 aliphatic rings. The standard InChI is InChI=1S/C19H24ClN3O6S/c1-12(17(24)22-19(26)21-14-6-7-14)29-18(25)13-5-8-15(20)16(11-13)30(27,28)23-9-3-2-4-10-23/h5,8,11-12,14H,2-4,6-7,9-10H2,1H3,(H2,21,22,24,26). The van der Waals surface area contributed by atoms with Gasteiger partial charge >= 0.3 is 12.0 Å². The number of piperidine rings is 1. The Bertz CT molecular complexity index is 942. The van der Waals surface area contributed by atoms with Crippen LogP contribution in [0, 0.1) is 0 Å². The first kappa shape index (κ1) is 22.5. The van der Waals surface area contributed by atoms with Crippen LogP contribution in [-0.4, -0.2) is 55.9 Å². The number of carbonyl (C=O) groups is 3. The van der Waals surface area contributed by atoms with Crippen LogP contribution in [0.3, 0.4) is 0 Å². The third-order valence-electron chi connectivity index (χ3n) is 4.90. The van der Waals surface area contributed by atoms with Crippen LogP contribution in [0.4, 0.5) is 4.79 Å². The van der Waals surface area contributed by atoms with Crippen molar-refractivity contribution < 1.29 is 27.5 Å². The molecule has 1 aliphatic heterocycles. The minimum absolute atomic E-state index is 0.000313. The van der Waals surface area contributed by atoms with Crippen molar-refractivity contribution in [1.82, 2.24) is 14.9 Å². The normalized spacial score (nSPS) is 18.3. The van der Waals surface area contributed by atoms with Crippen molar-refractivity contribution in [3.63, 3.8) is 0 Å². The van der Waals surface area contributed by atoms with Gasteiger partial charge in [0.1, 0.15) is 4.90 Å². The molecule has 164 valence electrons. The van der Waals surface area contributed by atoms with Gasteiger partial charge < -0.3 is 10.1 Å². The van der Waals surface area contributed by atoms with Crippen LogP contribution in [0.15, 0.2) is 23.1 Å². The summed E-state index contributed by atoms with van der Waals surface area (Å²) in [6.07, 6.45) is 2.97. The number of benzene rings is 1. The van der Waals surface area contributed by atoms with Gasteiger partial charge in [0.05, 0.1) is 10.6 Å². The third-order valence-corrected chi connectivity index (χ3v) is 7.28. The smallest absolute Gasteiger partial charge is 0.338 e. The van der Waals surface area contributed by atoms with Gasteiger partial charge in [0, 0.05) is 19.1 Å². The summed E-state index contributed by atoms with van der Waals surface area (Å²) >= 11 is 6.10. The maximum absolute atomic E-state index is 12.9. The van der Waals surface area contributed by atoms with Crippen molar-refractivity contribution in [3.05, 3.63) is 28.8 Å². The first-order valence-electron chi connectivity index (χ1n) is 9.80. The van der Waals surface area contributed by atoms with Gasteiger partial charge in [-0.1, -0.05) is 18.0 Å². The second kappa shape index (κ2) is 9.32. The molecule has 9 nitrogen and oxygen atoms in total. The number of nitrogens with one attached hydrogen (secondary N) is 2. The summed E-state index contributed by atoms with van der Waals surface area (Å²) in [6, 6.07) is 3.21. The monoisotopic (exact) mass is 457 g/mol. The number of nitrogens with zero attached hydrogens (tertiary/aromatic N) is 1. The number of sulfonamides is 1. The number of hydrogen-bond acceptors (Lipinski definition) is 6. The molecule has 0 radical (unpaired) electrons. The highest BCUT2D eigenvalue weighted by Gasteiger charge is 2.30. The lowest BCUT2D eigenvalue weighted by atomic mass is 10.2. The Morgan fingerprint density at radius 1 is 1.17 bits per heavy atom. The zero-order valence-electron chi connectivity index (χ0n) is 16.5. The number of urea groups is 1. The molecule has 0 spiro atoms. The van der Waals surface area contributed by atoms with Crippen molar-refractivity contribution in [3.8, 4) is 0 Å². The van der Waals surface area contributed by atoms with Crippen LogP contribution < -0.4 is 10.6 Å². The number of amides is 3. The van der Waals surface area contributed by atoms with Gasteiger partial charge in [-0.15, -0.1) is 0 Å². The predicted octanol–water partition coefficient (Wildman–Crippen LogP) is 2.05. The Hall–Kier alpha value is -2.17. The van der Waals surface area contributed by atoms with E-state index >= 15 is 0 Å². The Morgan fingerprint density at radius 3 is 2.47 bits per heavy atom. The quantitative estimate of drug-likeness (QED) is 0.630. The van der Waals surface area contributed by atoms with Gasteiger partial charge in [-0.3, -0.25) is 10.1 Å². The molecule has 1 saturated carbocycles. The summed E-state index contributed by atoms with van der Waals surface area (Å²) in [5.74, 6) is -1.68. The number of hydrogen-bond donors (Lipinski definition) is 2. The topological polar surface area (TPSA) is 122 Å². The minimum Gasteiger partial charge on any atom is -0.449 e.